The minimum absolute atomic E-state index is 0.0401. The van der Waals surface area contributed by atoms with Gasteiger partial charge in [-0.2, -0.15) is 0 Å². The van der Waals surface area contributed by atoms with Crippen molar-refractivity contribution < 1.29 is 28.2 Å². The van der Waals surface area contributed by atoms with Gasteiger partial charge >= 0.3 is 6.03 Å². The summed E-state index contributed by atoms with van der Waals surface area (Å²) in [5.41, 5.74) is 3.96. The van der Waals surface area contributed by atoms with Gasteiger partial charge in [0.15, 0.2) is 0 Å². The van der Waals surface area contributed by atoms with Crippen LogP contribution in [0.1, 0.15) is 35.2 Å². The van der Waals surface area contributed by atoms with Crippen molar-refractivity contribution in [3.63, 3.8) is 0 Å². The van der Waals surface area contributed by atoms with Gasteiger partial charge < -0.3 is 30.3 Å². The van der Waals surface area contributed by atoms with E-state index in [9.17, 15) is 18.8 Å². The number of urea groups is 1. The fraction of sp³-hybridized carbons (Fsp3) is 0.250. The number of amides is 4. The molecule has 0 aromatic heterocycles. The number of fused-ring (bicyclic) bond motifs is 2. The van der Waals surface area contributed by atoms with Crippen LogP contribution in [-0.2, 0) is 16.1 Å². The lowest BCUT2D eigenvalue weighted by molar-refractivity contribution is -0.134. The number of likely N-dealkylation sites (N-methyl/N-ethyl adjacent to an activating group) is 1. The van der Waals surface area contributed by atoms with Crippen molar-refractivity contribution >= 4 is 29.2 Å². The summed E-state index contributed by atoms with van der Waals surface area (Å²) in [7, 11) is 1.72. The molecule has 4 aromatic rings. The van der Waals surface area contributed by atoms with Crippen molar-refractivity contribution in [3.8, 4) is 16.9 Å². The minimum atomic E-state index is -0.644. The Morgan fingerprint density at radius 2 is 1.63 bits per heavy atom. The molecule has 0 aliphatic carbocycles. The Hall–Kier alpha value is -5.22. The first-order chi connectivity index (χ1) is 22.3. The minimum Gasteiger partial charge on any atom is -0.490 e. The third-order valence-corrected chi connectivity index (χ3v) is 8.36. The molecule has 1 saturated heterocycles. The van der Waals surface area contributed by atoms with Gasteiger partial charge in [0.25, 0.3) is 5.91 Å². The van der Waals surface area contributed by atoms with Gasteiger partial charge in [0, 0.05) is 19.3 Å². The highest BCUT2D eigenvalue weighted by Crippen LogP contribution is 2.32. The van der Waals surface area contributed by atoms with Gasteiger partial charge in [-0.25, -0.2) is 9.18 Å². The number of carbonyl (C=O) groups is 3. The van der Waals surface area contributed by atoms with E-state index in [0.717, 1.165) is 16.7 Å². The third kappa shape index (κ3) is 7.18. The average Bonchev–Trinajstić information content (AvgIpc) is 3.07. The lowest BCUT2D eigenvalue weighted by Crippen LogP contribution is -2.53. The summed E-state index contributed by atoms with van der Waals surface area (Å²) >= 11 is 0. The second-order valence-corrected chi connectivity index (χ2v) is 11.5. The first-order valence-electron chi connectivity index (χ1n) is 15.3. The Balaban J connectivity index is 1.03. The lowest BCUT2D eigenvalue weighted by atomic mass is 9.94. The predicted molar refractivity (Wildman–Crippen MR) is 173 cm³/mol. The highest BCUT2D eigenvalue weighted by molar-refractivity contribution is 6.02. The molecule has 0 radical (unpaired) electrons. The SMILES string of the molecule is CN1C(=O)c2cc(NC(=O)Nc3ccccc3F)ccc2OC[C@H]2O[C@H](CC(=O)NCc3ccc(-c4ccccc4)cc3)CC[C@H]21. The number of anilines is 2. The number of benzene rings is 4. The Morgan fingerprint density at radius 1 is 0.891 bits per heavy atom. The van der Waals surface area contributed by atoms with Crippen LogP contribution in [0.2, 0.25) is 0 Å². The second-order valence-electron chi connectivity index (χ2n) is 11.5. The first kappa shape index (κ1) is 30.8. The van der Waals surface area contributed by atoms with Crippen LogP contribution in [0, 0.1) is 5.82 Å². The number of nitrogens with zero attached hydrogens (tertiary/aromatic N) is 1. The summed E-state index contributed by atoms with van der Waals surface area (Å²) in [6.07, 6.45) is 0.760. The van der Waals surface area contributed by atoms with E-state index >= 15 is 0 Å². The summed E-state index contributed by atoms with van der Waals surface area (Å²) < 4.78 is 26.3. The molecule has 46 heavy (non-hydrogen) atoms. The van der Waals surface area contributed by atoms with Gasteiger partial charge in [-0.05, 0) is 59.9 Å². The number of hydrogen-bond acceptors (Lipinski definition) is 5. The van der Waals surface area contributed by atoms with Crippen LogP contribution in [0.3, 0.4) is 0 Å². The molecule has 0 bridgehead atoms. The van der Waals surface area contributed by atoms with Gasteiger partial charge in [0.2, 0.25) is 5.91 Å². The van der Waals surface area contributed by atoms with Gasteiger partial charge in [-0.1, -0.05) is 66.7 Å². The number of ether oxygens (including phenoxy) is 2. The third-order valence-electron chi connectivity index (χ3n) is 8.36. The molecule has 9 nitrogen and oxygen atoms in total. The number of para-hydroxylation sites is 1. The average molecular weight is 623 g/mol. The summed E-state index contributed by atoms with van der Waals surface area (Å²) in [5, 5.41) is 8.10. The number of halogens is 1. The first-order valence-corrected chi connectivity index (χ1v) is 15.3. The zero-order chi connectivity index (χ0) is 32.0. The number of rotatable bonds is 7. The number of hydrogen-bond donors (Lipinski definition) is 3. The summed E-state index contributed by atoms with van der Waals surface area (Å²) in [6.45, 7) is 0.618. The van der Waals surface area contributed by atoms with E-state index < -0.39 is 18.0 Å². The van der Waals surface area contributed by atoms with E-state index in [1.54, 1.807) is 36.2 Å². The molecule has 10 heteroatoms. The summed E-state index contributed by atoms with van der Waals surface area (Å²) in [5.74, 6) is -0.576. The van der Waals surface area contributed by atoms with Gasteiger partial charge in [0.1, 0.15) is 24.3 Å². The van der Waals surface area contributed by atoms with E-state index in [4.69, 9.17) is 9.47 Å². The highest BCUT2D eigenvalue weighted by atomic mass is 19.1. The molecule has 4 aromatic carbocycles. The zero-order valence-electron chi connectivity index (χ0n) is 25.4. The molecule has 236 valence electrons. The fourth-order valence-corrected chi connectivity index (χ4v) is 5.88. The van der Waals surface area contributed by atoms with Crippen LogP contribution in [0.5, 0.6) is 5.75 Å². The van der Waals surface area contributed by atoms with Crippen molar-refractivity contribution in [1.82, 2.24) is 10.2 Å². The van der Waals surface area contributed by atoms with Crippen molar-refractivity contribution in [2.45, 2.75) is 44.1 Å². The largest absolute Gasteiger partial charge is 0.490 e. The monoisotopic (exact) mass is 622 g/mol. The molecule has 2 aliphatic heterocycles. The van der Waals surface area contributed by atoms with Gasteiger partial charge in [-0.15, -0.1) is 0 Å². The van der Waals surface area contributed by atoms with Crippen molar-refractivity contribution in [3.05, 3.63) is 114 Å². The number of nitrogens with one attached hydrogen (secondary N) is 3. The summed E-state index contributed by atoms with van der Waals surface area (Å²) in [4.78, 5) is 40.5. The molecule has 3 N–H and O–H groups in total. The van der Waals surface area contributed by atoms with Crippen molar-refractivity contribution in [2.24, 2.45) is 0 Å². The summed E-state index contributed by atoms with van der Waals surface area (Å²) in [6, 6.07) is 28.0. The highest BCUT2D eigenvalue weighted by Gasteiger charge is 2.39. The quantitative estimate of drug-likeness (QED) is 0.227. The maximum absolute atomic E-state index is 13.9. The van der Waals surface area contributed by atoms with E-state index in [1.807, 2.05) is 42.5 Å². The topological polar surface area (TPSA) is 109 Å². The van der Waals surface area contributed by atoms with E-state index in [1.165, 1.54) is 18.2 Å². The molecule has 1 fully saturated rings. The van der Waals surface area contributed by atoms with Crippen molar-refractivity contribution in [1.29, 1.82) is 0 Å². The molecule has 4 amide bonds. The Bertz CT molecular complexity index is 1720. The molecule has 2 aliphatic rings. The Morgan fingerprint density at radius 3 is 2.41 bits per heavy atom. The maximum Gasteiger partial charge on any atom is 0.323 e. The van der Waals surface area contributed by atoms with Crippen LogP contribution >= 0.6 is 0 Å². The number of carbonyl (C=O) groups excluding carboxylic acids is 3. The van der Waals surface area contributed by atoms with Crippen LogP contribution < -0.4 is 20.7 Å². The molecular formula is C36H35FN4O5. The van der Waals surface area contributed by atoms with E-state index in [0.29, 0.717) is 36.4 Å². The fourth-order valence-electron chi connectivity index (χ4n) is 5.88. The van der Waals surface area contributed by atoms with Gasteiger partial charge in [-0.3, -0.25) is 9.59 Å². The Labute approximate surface area is 266 Å². The lowest BCUT2D eigenvalue weighted by Gasteiger charge is -2.42. The zero-order valence-corrected chi connectivity index (χ0v) is 25.4. The Kier molecular flexibility index (Phi) is 9.25. The maximum atomic E-state index is 13.9. The van der Waals surface area contributed by atoms with Gasteiger partial charge in [0.05, 0.1) is 29.8 Å². The predicted octanol–water partition coefficient (Wildman–Crippen LogP) is 6.22. The molecule has 2 heterocycles. The van der Waals surface area contributed by atoms with Crippen LogP contribution in [0.25, 0.3) is 11.1 Å². The molecule has 0 unspecified atom stereocenters. The van der Waals surface area contributed by atoms with Crippen molar-refractivity contribution in [2.75, 3.05) is 24.3 Å². The van der Waals surface area contributed by atoms with E-state index in [-0.39, 0.29) is 42.7 Å². The standard InChI is InChI=1S/C36H35FN4O5/c1-41-31-17-16-27(20-34(42)38-21-23-11-13-25(14-12-23)24-7-3-2-4-8-24)46-33(31)22-45-32-18-15-26(19-28(32)35(41)43)39-36(44)40-30-10-6-5-9-29(30)37/h2-15,18-19,27,31,33H,16-17,20-22H2,1H3,(H,38,42)(H2,39,40,44)/t27-,31+,33+/m0/s1. The molecule has 0 saturated carbocycles. The second kappa shape index (κ2) is 13.8. The smallest absolute Gasteiger partial charge is 0.323 e. The van der Waals surface area contributed by atoms with Crippen LogP contribution in [0.15, 0.2) is 97.1 Å². The normalized spacial score (nSPS) is 19.0. The van der Waals surface area contributed by atoms with Crippen LogP contribution in [0.4, 0.5) is 20.6 Å². The van der Waals surface area contributed by atoms with Crippen LogP contribution in [-0.4, -0.2) is 54.6 Å². The molecular weight excluding hydrogens is 587 g/mol. The molecule has 6 rings (SSSR count). The van der Waals surface area contributed by atoms with E-state index in [2.05, 4.69) is 28.1 Å². The molecule has 0 spiro atoms. The molecule has 3 atom stereocenters.